The number of benzene rings is 4. The van der Waals surface area contributed by atoms with Gasteiger partial charge in [-0.3, -0.25) is 4.57 Å². The predicted molar refractivity (Wildman–Crippen MR) is 165 cm³/mol. The molecule has 0 atom stereocenters. The lowest BCUT2D eigenvalue weighted by Gasteiger charge is -2.24. The average molecular weight is 540 g/mol. The minimum absolute atomic E-state index is 0.240. The van der Waals surface area contributed by atoms with E-state index >= 15 is 4.39 Å². The van der Waals surface area contributed by atoms with Crippen molar-refractivity contribution in [1.29, 1.82) is 0 Å². The number of para-hydroxylation sites is 2. The Kier molecular flexibility index (Phi) is 5.97. The largest absolute Gasteiger partial charge is 0.437 e. The second-order valence-electron chi connectivity index (χ2n) is 11.2. The zero-order valence-electron chi connectivity index (χ0n) is 23.5. The molecule has 4 nitrogen and oxygen atoms in total. The molecule has 0 bridgehead atoms. The second kappa shape index (κ2) is 9.70. The summed E-state index contributed by atoms with van der Waals surface area (Å²) in [6, 6.07) is 30.3. The van der Waals surface area contributed by atoms with Gasteiger partial charge in [0.2, 0.25) is 5.71 Å². The maximum atomic E-state index is 15.3. The van der Waals surface area contributed by atoms with Gasteiger partial charge in [0.25, 0.3) is 0 Å². The van der Waals surface area contributed by atoms with Crippen LogP contribution in [0, 0.1) is 5.82 Å². The van der Waals surface area contributed by atoms with Crippen molar-refractivity contribution >= 4 is 33.1 Å². The number of furan rings is 1. The molecule has 7 rings (SSSR count). The van der Waals surface area contributed by atoms with Crippen molar-refractivity contribution in [3.8, 4) is 28.2 Å². The summed E-state index contributed by atoms with van der Waals surface area (Å²) in [5, 5.41) is 1.08. The van der Waals surface area contributed by atoms with Gasteiger partial charge in [-0.05, 0) is 82.6 Å². The number of nitrogens with zero attached hydrogens (tertiary/aromatic N) is 3. The molecule has 0 aliphatic carbocycles. The Morgan fingerprint density at radius 1 is 0.756 bits per heavy atom. The first kappa shape index (κ1) is 25.2. The Morgan fingerprint density at radius 2 is 1.46 bits per heavy atom. The summed E-state index contributed by atoms with van der Waals surface area (Å²) in [6.45, 7) is 8.93. The second-order valence-corrected chi connectivity index (χ2v) is 11.2. The summed E-state index contributed by atoms with van der Waals surface area (Å²) in [4.78, 5) is 9.52. The van der Waals surface area contributed by atoms with Crippen LogP contribution in [0.3, 0.4) is 0 Å². The number of hydrogen-bond acceptors (Lipinski definition) is 3. The maximum absolute atomic E-state index is 15.3. The van der Waals surface area contributed by atoms with E-state index in [-0.39, 0.29) is 17.7 Å². The van der Waals surface area contributed by atoms with Crippen LogP contribution < -0.4 is 0 Å². The lowest BCUT2D eigenvalue weighted by Crippen LogP contribution is -2.09. The number of hydrogen-bond donors (Lipinski definition) is 0. The molecular formula is C36H30FN3O. The molecule has 5 heteroatoms. The van der Waals surface area contributed by atoms with Crippen LogP contribution in [-0.2, 0) is 0 Å². The molecule has 0 aliphatic rings. The van der Waals surface area contributed by atoms with Gasteiger partial charge in [-0.1, -0.05) is 70.2 Å². The van der Waals surface area contributed by atoms with E-state index in [4.69, 9.17) is 9.40 Å². The third kappa shape index (κ3) is 4.03. The maximum Gasteiger partial charge on any atom is 0.227 e. The van der Waals surface area contributed by atoms with Crippen LogP contribution >= 0.6 is 0 Å². The van der Waals surface area contributed by atoms with Crippen LogP contribution in [0.4, 0.5) is 4.39 Å². The van der Waals surface area contributed by atoms with E-state index in [9.17, 15) is 0 Å². The Labute approximate surface area is 238 Å². The average Bonchev–Trinajstić information content (AvgIpc) is 3.56. The fourth-order valence-electron chi connectivity index (χ4n) is 5.90. The molecule has 0 saturated carbocycles. The van der Waals surface area contributed by atoms with Gasteiger partial charge in [0, 0.05) is 6.20 Å². The summed E-state index contributed by atoms with van der Waals surface area (Å²) in [7, 11) is 0. The molecule has 0 saturated heterocycles. The van der Waals surface area contributed by atoms with Gasteiger partial charge in [-0.25, -0.2) is 14.4 Å². The molecular weight excluding hydrogens is 509 g/mol. The van der Waals surface area contributed by atoms with Gasteiger partial charge in [-0.2, -0.15) is 0 Å². The summed E-state index contributed by atoms with van der Waals surface area (Å²) < 4.78 is 23.8. The molecule has 0 N–H and O–H groups in total. The molecule has 0 fully saturated rings. The standard InChI is InChI=1S/C36H30FN3O/c1-21(2)27-19-24(23-11-6-5-7-12-23)20-28(22(3)4)33(27)40-31-15-9-8-14-30(31)39-35(40)26-16-17-29(37)32-25-13-10-18-38-36(25)41-34(26)32/h5-22H,1-4H3. The van der Waals surface area contributed by atoms with Crippen molar-refractivity contribution in [2.45, 2.75) is 39.5 Å². The quantitative estimate of drug-likeness (QED) is 0.219. The third-order valence-corrected chi connectivity index (χ3v) is 7.89. The lowest BCUT2D eigenvalue weighted by molar-refractivity contribution is 0.631. The number of fused-ring (bicyclic) bond motifs is 4. The number of rotatable bonds is 5. The Hall–Kier alpha value is -4.77. The molecule has 0 radical (unpaired) electrons. The summed E-state index contributed by atoms with van der Waals surface area (Å²) in [6.07, 6.45) is 1.66. The van der Waals surface area contributed by atoms with Gasteiger partial charge in [-0.15, -0.1) is 0 Å². The minimum Gasteiger partial charge on any atom is -0.437 e. The molecule has 3 heterocycles. The Morgan fingerprint density at radius 3 is 2.20 bits per heavy atom. The summed E-state index contributed by atoms with van der Waals surface area (Å²) in [5.41, 5.74) is 9.40. The molecule has 202 valence electrons. The third-order valence-electron chi connectivity index (χ3n) is 7.89. The van der Waals surface area contributed by atoms with Crippen molar-refractivity contribution in [2.24, 2.45) is 0 Å². The molecule has 0 spiro atoms. The van der Waals surface area contributed by atoms with Crippen LogP contribution in [0.2, 0.25) is 0 Å². The molecule has 0 unspecified atom stereocenters. The number of aromatic nitrogens is 3. The first-order valence-electron chi connectivity index (χ1n) is 14.1. The van der Waals surface area contributed by atoms with Gasteiger partial charge >= 0.3 is 0 Å². The van der Waals surface area contributed by atoms with Gasteiger partial charge in [0.05, 0.1) is 33.1 Å². The molecule has 7 aromatic rings. The zero-order chi connectivity index (χ0) is 28.2. The molecule has 41 heavy (non-hydrogen) atoms. The fraction of sp³-hybridized carbons (Fsp3) is 0.167. The first-order chi connectivity index (χ1) is 19.9. The van der Waals surface area contributed by atoms with Gasteiger partial charge in [0.15, 0.2) is 5.58 Å². The normalized spacial score (nSPS) is 12.0. The summed E-state index contributed by atoms with van der Waals surface area (Å²) >= 11 is 0. The van der Waals surface area contributed by atoms with Crippen molar-refractivity contribution in [2.75, 3.05) is 0 Å². The van der Waals surface area contributed by atoms with Crippen molar-refractivity contribution in [3.05, 3.63) is 114 Å². The lowest BCUT2D eigenvalue weighted by atomic mass is 9.88. The monoisotopic (exact) mass is 539 g/mol. The predicted octanol–water partition coefficient (Wildman–Crippen LogP) is 10.0. The molecule has 0 amide bonds. The Balaban J connectivity index is 1.61. The van der Waals surface area contributed by atoms with Gasteiger partial charge in [0.1, 0.15) is 11.6 Å². The highest BCUT2D eigenvalue weighted by Gasteiger charge is 2.26. The van der Waals surface area contributed by atoms with Crippen LogP contribution in [-0.4, -0.2) is 14.5 Å². The molecule has 4 aromatic carbocycles. The van der Waals surface area contributed by atoms with Crippen LogP contribution in [0.1, 0.15) is 50.7 Å². The smallest absolute Gasteiger partial charge is 0.227 e. The molecule has 0 aliphatic heterocycles. The van der Waals surface area contributed by atoms with E-state index in [1.165, 1.54) is 28.3 Å². The van der Waals surface area contributed by atoms with E-state index in [1.807, 2.05) is 30.3 Å². The van der Waals surface area contributed by atoms with Gasteiger partial charge < -0.3 is 4.42 Å². The minimum atomic E-state index is -0.337. The summed E-state index contributed by atoms with van der Waals surface area (Å²) in [5.74, 6) is 0.857. The van der Waals surface area contributed by atoms with Crippen molar-refractivity contribution in [1.82, 2.24) is 14.5 Å². The van der Waals surface area contributed by atoms with E-state index in [0.29, 0.717) is 27.9 Å². The van der Waals surface area contributed by atoms with Crippen LogP contribution in [0.25, 0.3) is 61.3 Å². The van der Waals surface area contributed by atoms with E-state index in [0.717, 1.165) is 22.3 Å². The first-order valence-corrected chi connectivity index (χ1v) is 14.1. The zero-order valence-corrected chi connectivity index (χ0v) is 23.5. The number of pyridine rings is 1. The van der Waals surface area contributed by atoms with Crippen molar-refractivity contribution in [3.63, 3.8) is 0 Å². The van der Waals surface area contributed by atoms with Crippen molar-refractivity contribution < 1.29 is 8.81 Å². The topological polar surface area (TPSA) is 43.9 Å². The highest BCUT2D eigenvalue weighted by atomic mass is 19.1. The highest BCUT2D eigenvalue weighted by Crippen LogP contribution is 2.42. The van der Waals surface area contributed by atoms with Crippen LogP contribution in [0.15, 0.2) is 102 Å². The number of halogens is 1. The Bertz CT molecular complexity index is 2040. The highest BCUT2D eigenvalue weighted by molar-refractivity contribution is 6.09. The molecule has 3 aromatic heterocycles. The van der Waals surface area contributed by atoms with E-state index in [1.54, 1.807) is 18.3 Å². The number of imidazole rings is 1. The van der Waals surface area contributed by atoms with E-state index < -0.39 is 0 Å². The van der Waals surface area contributed by atoms with Crippen LogP contribution in [0.5, 0.6) is 0 Å². The SMILES string of the molecule is CC(C)c1cc(-c2ccccc2)cc(C(C)C)c1-n1c(-c2ccc(F)c3c2oc2ncccc23)nc2ccccc21. The van der Waals surface area contributed by atoms with E-state index in [2.05, 4.69) is 79.7 Å². The fourth-order valence-corrected chi connectivity index (χ4v) is 5.90.